The van der Waals surface area contributed by atoms with E-state index in [2.05, 4.69) is 16.3 Å². The van der Waals surface area contributed by atoms with Crippen LogP contribution in [0.15, 0.2) is 47.4 Å². The summed E-state index contributed by atoms with van der Waals surface area (Å²) in [4.78, 5) is 26.0. The highest BCUT2D eigenvalue weighted by Crippen LogP contribution is 2.21. The normalized spacial score (nSPS) is 14.5. The van der Waals surface area contributed by atoms with Crippen LogP contribution >= 0.6 is 0 Å². The minimum absolute atomic E-state index is 0.135. The van der Waals surface area contributed by atoms with Crippen LogP contribution in [-0.4, -0.2) is 36.8 Å². The van der Waals surface area contributed by atoms with Crippen molar-refractivity contribution in [3.63, 3.8) is 0 Å². The molecule has 1 N–H and O–H groups in total. The topological polar surface area (TPSA) is 63.6 Å². The molecule has 6 nitrogen and oxygen atoms in total. The molecule has 0 unspecified atom stereocenters. The predicted molar refractivity (Wildman–Crippen MR) is 92.3 cm³/mol. The summed E-state index contributed by atoms with van der Waals surface area (Å²) in [5.74, 6) is -0.192. The van der Waals surface area contributed by atoms with Crippen LogP contribution < -0.4 is 15.8 Å². The van der Waals surface area contributed by atoms with Gasteiger partial charge in [-0.3, -0.25) is 9.59 Å². The van der Waals surface area contributed by atoms with E-state index < -0.39 is 0 Å². The number of hydrogen-bond acceptors (Lipinski definition) is 4. The molecule has 1 aliphatic rings. The van der Waals surface area contributed by atoms with Crippen molar-refractivity contribution in [3.05, 3.63) is 64.1 Å². The second-order valence-electron chi connectivity index (χ2n) is 5.78. The molecule has 0 saturated carbocycles. The summed E-state index contributed by atoms with van der Waals surface area (Å²) in [7, 11) is 1.63. The summed E-state index contributed by atoms with van der Waals surface area (Å²) in [6, 6.07) is 11.0. The van der Waals surface area contributed by atoms with E-state index in [0.717, 1.165) is 37.6 Å². The van der Waals surface area contributed by atoms with Gasteiger partial charge in [-0.1, -0.05) is 18.2 Å². The van der Waals surface area contributed by atoms with Gasteiger partial charge < -0.3 is 19.5 Å². The Morgan fingerprint density at radius 3 is 2.67 bits per heavy atom. The van der Waals surface area contributed by atoms with Gasteiger partial charge >= 0.3 is 0 Å². The number of nitrogens with zero attached hydrogens (tertiary/aromatic N) is 2. The van der Waals surface area contributed by atoms with Gasteiger partial charge in [0.15, 0.2) is 0 Å². The largest absolute Gasteiger partial charge is 0.378 e. The van der Waals surface area contributed by atoms with Crippen LogP contribution in [0.5, 0.6) is 0 Å². The molecule has 1 amide bonds. The van der Waals surface area contributed by atoms with E-state index in [1.54, 1.807) is 19.3 Å². The standard InChI is InChI=1S/C18H21N3O3/c1-20-13-15(6-7-17(20)22)18(23)19-12-14-4-2-3-5-16(14)21-8-10-24-11-9-21/h2-7,13H,8-12H2,1H3,(H,19,23). The smallest absolute Gasteiger partial charge is 0.253 e. The average Bonchev–Trinajstić information content (AvgIpc) is 2.63. The number of ether oxygens (including phenoxy) is 1. The van der Waals surface area contributed by atoms with E-state index in [4.69, 9.17) is 4.74 Å². The highest BCUT2D eigenvalue weighted by atomic mass is 16.5. The van der Waals surface area contributed by atoms with Gasteiger partial charge in [-0.05, 0) is 17.7 Å². The lowest BCUT2D eigenvalue weighted by atomic mass is 10.1. The molecule has 1 fully saturated rings. The van der Waals surface area contributed by atoms with E-state index in [1.807, 2.05) is 18.2 Å². The fraction of sp³-hybridized carbons (Fsp3) is 0.333. The van der Waals surface area contributed by atoms with Gasteiger partial charge in [0.2, 0.25) is 5.56 Å². The SMILES string of the molecule is Cn1cc(C(=O)NCc2ccccc2N2CCOCC2)ccc1=O. The fourth-order valence-corrected chi connectivity index (χ4v) is 2.78. The number of morpholine rings is 1. The third kappa shape index (κ3) is 3.65. The molecule has 0 radical (unpaired) electrons. The molecule has 2 aromatic rings. The zero-order valence-corrected chi connectivity index (χ0v) is 13.7. The molecular weight excluding hydrogens is 306 g/mol. The number of aryl methyl sites for hydroxylation is 1. The maximum atomic E-state index is 12.3. The lowest BCUT2D eigenvalue weighted by Gasteiger charge is -2.30. The molecule has 1 saturated heterocycles. The Labute approximate surface area is 140 Å². The second kappa shape index (κ2) is 7.31. The zero-order chi connectivity index (χ0) is 16.9. The molecule has 0 spiro atoms. The maximum Gasteiger partial charge on any atom is 0.253 e. The van der Waals surface area contributed by atoms with Gasteiger partial charge in [-0.15, -0.1) is 0 Å². The summed E-state index contributed by atoms with van der Waals surface area (Å²) in [6.07, 6.45) is 1.55. The molecule has 2 heterocycles. The van der Waals surface area contributed by atoms with Crippen LogP contribution in [0.2, 0.25) is 0 Å². The number of amides is 1. The number of rotatable bonds is 4. The van der Waals surface area contributed by atoms with Gasteiger partial charge in [0.1, 0.15) is 0 Å². The Kier molecular flexibility index (Phi) is 4.96. The van der Waals surface area contributed by atoms with E-state index in [0.29, 0.717) is 12.1 Å². The van der Waals surface area contributed by atoms with Crippen LogP contribution in [0.1, 0.15) is 15.9 Å². The summed E-state index contributed by atoms with van der Waals surface area (Å²) < 4.78 is 6.80. The molecule has 126 valence electrons. The monoisotopic (exact) mass is 327 g/mol. The summed E-state index contributed by atoms with van der Waals surface area (Å²) in [6.45, 7) is 3.59. The number of benzene rings is 1. The summed E-state index contributed by atoms with van der Waals surface area (Å²) >= 11 is 0. The minimum atomic E-state index is -0.192. The molecule has 1 aliphatic heterocycles. The van der Waals surface area contributed by atoms with E-state index in [9.17, 15) is 9.59 Å². The number of anilines is 1. The average molecular weight is 327 g/mol. The number of para-hydroxylation sites is 1. The molecular formula is C18H21N3O3. The van der Waals surface area contributed by atoms with Crippen molar-refractivity contribution in [2.75, 3.05) is 31.2 Å². The Hall–Kier alpha value is -2.60. The number of nitrogens with one attached hydrogen (secondary N) is 1. The van der Waals surface area contributed by atoms with Gasteiger partial charge in [-0.2, -0.15) is 0 Å². The Morgan fingerprint density at radius 2 is 1.92 bits per heavy atom. The molecule has 0 bridgehead atoms. The Balaban J connectivity index is 1.71. The summed E-state index contributed by atoms with van der Waals surface area (Å²) in [5, 5.41) is 2.93. The van der Waals surface area contributed by atoms with Crippen molar-refractivity contribution in [3.8, 4) is 0 Å². The molecule has 1 aromatic carbocycles. The van der Waals surface area contributed by atoms with Crippen molar-refractivity contribution < 1.29 is 9.53 Å². The van der Waals surface area contributed by atoms with Gasteiger partial charge in [0, 0.05) is 44.6 Å². The fourth-order valence-electron chi connectivity index (χ4n) is 2.78. The molecule has 0 aliphatic carbocycles. The van der Waals surface area contributed by atoms with Crippen molar-refractivity contribution in [1.29, 1.82) is 0 Å². The molecule has 24 heavy (non-hydrogen) atoms. The van der Waals surface area contributed by atoms with Crippen molar-refractivity contribution in [1.82, 2.24) is 9.88 Å². The van der Waals surface area contributed by atoms with Crippen LogP contribution in [0.25, 0.3) is 0 Å². The number of aromatic nitrogens is 1. The van der Waals surface area contributed by atoms with Crippen LogP contribution in [0, 0.1) is 0 Å². The first kappa shape index (κ1) is 16.3. The zero-order valence-electron chi connectivity index (χ0n) is 13.7. The number of carbonyl (C=O) groups is 1. The molecule has 0 atom stereocenters. The predicted octanol–water partition coefficient (Wildman–Crippen LogP) is 1.15. The molecule has 6 heteroatoms. The molecule has 1 aromatic heterocycles. The highest BCUT2D eigenvalue weighted by molar-refractivity contribution is 5.93. The first-order chi connectivity index (χ1) is 11.6. The first-order valence-corrected chi connectivity index (χ1v) is 8.00. The van der Waals surface area contributed by atoms with Gasteiger partial charge in [0.05, 0.1) is 18.8 Å². The minimum Gasteiger partial charge on any atom is -0.378 e. The van der Waals surface area contributed by atoms with Crippen LogP contribution in [-0.2, 0) is 18.3 Å². The lowest BCUT2D eigenvalue weighted by Crippen LogP contribution is -2.37. The maximum absolute atomic E-state index is 12.3. The third-order valence-corrected chi connectivity index (χ3v) is 4.13. The van der Waals surface area contributed by atoms with Crippen molar-refractivity contribution in [2.45, 2.75) is 6.54 Å². The number of hydrogen-bond donors (Lipinski definition) is 1. The highest BCUT2D eigenvalue weighted by Gasteiger charge is 2.15. The number of carbonyl (C=O) groups excluding carboxylic acids is 1. The van der Waals surface area contributed by atoms with Crippen LogP contribution in [0.3, 0.4) is 0 Å². The Bertz CT molecular complexity index is 779. The lowest BCUT2D eigenvalue weighted by molar-refractivity contribution is 0.0950. The van der Waals surface area contributed by atoms with E-state index in [1.165, 1.54) is 10.6 Å². The second-order valence-corrected chi connectivity index (χ2v) is 5.78. The van der Waals surface area contributed by atoms with E-state index in [-0.39, 0.29) is 11.5 Å². The van der Waals surface area contributed by atoms with Crippen LogP contribution in [0.4, 0.5) is 5.69 Å². The van der Waals surface area contributed by atoms with Gasteiger partial charge in [0.25, 0.3) is 5.91 Å². The summed E-state index contributed by atoms with van der Waals surface area (Å²) in [5.41, 5.74) is 2.53. The molecule has 3 rings (SSSR count). The number of pyridine rings is 1. The quantitative estimate of drug-likeness (QED) is 0.915. The van der Waals surface area contributed by atoms with Crippen molar-refractivity contribution in [2.24, 2.45) is 7.05 Å². The third-order valence-electron chi connectivity index (χ3n) is 4.13. The Morgan fingerprint density at radius 1 is 1.17 bits per heavy atom. The van der Waals surface area contributed by atoms with E-state index >= 15 is 0 Å². The van der Waals surface area contributed by atoms with Gasteiger partial charge in [-0.25, -0.2) is 0 Å². The van der Waals surface area contributed by atoms with Crippen molar-refractivity contribution >= 4 is 11.6 Å². The first-order valence-electron chi connectivity index (χ1n) is 8.00.